The van der Waals surface area contributed by atoms with Crippen molar-refractivity contribution in [3.8, 4) is 11.3 Å². The van der Waals surface area contributed by atoms with Crippen molar-refractivity contribution in [3.63, 3.8) is 0 Å². The van der Waals surface area contributed by atoms with Crippen LogP contribution in [0, 0.1) is 5.82 Å². The Morgan fingerprint density at radius 3 is 2.62 bits per heavy atom. The number of pyridine rings is 1. The molecule has 0 aliphatic rings. The van der Waals surface area contributed by atoms with Crippen LogP contribution in [0.3, 0.4) is 0 Å². The maximum absolute atomic E-state index is 12.8. The van der Waals surface area contributed by atoms with Gasteiger partial charge in [-0.05, 0) is 47.2 Å². The number of halogens is 1. The van der Waals surface area contributed by atoms with E-state index in [1.807, 2.05) is 11.4 Å². The van der Waals surface area contributed by atoms with Crippen LogP contribution in [0.2, 0.25) is 0 Å². The zero-order valence-corrected chi connectivity index (χ0v) is 9.17. The van der Waals surface area contributed by atoms with Crippen molar-refractivity contribution < 1.29 is 4.39 Å². The van der Waals surface area contributed by atoms with E-state index in [0.717, 1.165) is 16.0 Å². The second kappa shape index (κ2) is 3.68. The molecule has 3 rings (SSSR count). The number of fused-ring (bicyclic) bond motifs is 1. The lowest BCUT2D eigenvalue weighted by atomic mass is 10.1. The SMILES string of the molecule is Fc1ccc(-c2nccc3ccsc23)cc1. The van der Waals surface area contributed by atoms with E-state index in [0.29, 0.717) is 0 Å². The summed E-state index contributed by atoms with van der Waals surface area (Å²) < 4.78 is 14.0. The zero-order chi connectivity index (χ0) is 11.0. The predicted octanol–water partition coefficient (Wildman–Crippen LogP) is 4.10. The molecule has 0 aliphatic heterocycles. The van der Waals surface area contributed by atoms with E-state index in [1.165, 1.54) is 17.5 Å². The first-order valence-electron chi connectivity index (χ1n) is 4.93. The highest BCUT2D eigenvalue weighted by molar-refractivity contribution is 7.17. The molecule has 2 heterocycles. The van der Waals surface area contributed by atoms with Crippen molar-refractivity contribution in [3.05, 3.63) is 53.8 Å². The Hall–Kier alpha value is -1.74. The molecule has 0 N–H and O–H groups in total. The highest BCUT2D eigenvalue weighted by atomic mass is 32.1. The standard InChI is InChI=1S/C13H8FNS/c14-11-3-1-9(2-4-11)12-13-10(5-7-15-12)6-8-16-13/h1-8H. The summed E-state index contributed by atoms with van der Waals surface area (Å²) in [7, 11) is 0. The second-order valence-corrected chi connectivity index (χ2v) is 4.42. The van der Waals surface area contributed by atoms with E-state index in [9.17, 15) is 4.39 Å². The molecule has 0 unspecified atom stereocenters. The molecule has 0 saturated heterocycles. The van der Waals surface area contributed by atoms with Crippen molar-refractivity contribution in [2.45, 2.75) is 0 Å². The number of hydrogen-bond acceptors (Lipinski definition) is 2. The Morgan fingerprint density at radius 2 is 1.81 bits per heavy atom. The average Bonchev–Trinajstić information content (AvgIpc) is 2.78. The lowest BCUT2D eigenvalue weighted by Gasteiger charge is -2.01. The minimum atomic E-state index is -0.220. The molecular weight excluding hydrogens is 221 g/mol. The van der Waals surface area contributed by atoms with Gasteiger partial charge in [-0.15, -0.1) is 11.3 Å². The topological polar surface area (TPSA) is 12.9 Å². The Balaban J connectivity index is 2.25. The second-order valence-electron chi connectivity index (χ2n) is 3.51. The van der Waals surface area contributed by atoms with Crippen LogP contribution in [0.4, 0.5) is 4.39 Å². The molecule has 0 aliphatic carbocycles. The molecule has 0 atom stereocenters. The number of benzene rings is 1. The van der Waals surface area contributed by atoms with Gasteiger partial charge >= 0.3 is 0 Å². The largest absolute Gasteiger partial charge is 0.255 e. The molecule has 1 nitrogen and oxygen atoms in total. The summed E-state index contributed by atoms with van der Waals surface area (Å²) in [6, 6.07) is 10.5. The van der Waals surface area contributed by atoms with Gasteiger partial charge in [-0.25, -0.2) is 4.39 Å². The van der Waals surface area contributed by atoms with Gasteiger partial charge in [0.05, 0.1) is 10.4 Å². The van der Waals surface area contributed by atoms with E-state index < -0.39 is 0 Å². The maximum atomic E-state index is 12.8. The van der Waals surface area contributed by atoms with Gasteiger partial charge in [0.15, 0.2) is 0 Å². The van der Waals surface area contributed by atoms with Gasteiger partial charge in [0.25, 0.3) is 0 Å². The number of nitrogens with zero attached hydrogens (tertiary/aromatic N) is 1. The summed E-state index contributed by atoms with van der Waals surface area (Å²) in [6.07, 6.45) is 1.79. The van der Waals surface area contributed by atoms with Crippen LogP contribution in [0.25, 0.3) is 21.3 Å². The maximum Gasteiger partial charge on any atom is 0.123 e. The number of hydrogen-bond donors (Lipinski definition) is 0. The molecule has 0 spiro atoms. The van der Waals surface area contributed by atoms with Crippen LogP contribution in [0.15, 0.2) is 48.0 Å². The summed E-state index contributed by atoms with van der Waals surface area (Å²) in [5.41, 5.74) is 1.88. The lowest BCUT2D eigenvalue weighted by molar-refractivity contribution is 0.628. The van der Waals surface area contributed by atoms with Crippen LogP contribution in [-0.4, -0.2) is 4.98 Å². The van der Waals surface area contributed by atoms with Crippen molar-refractivity contribution >= 4 is 21.4 Å². The zero-order valence-electron chi connectivity index (χ0n) is 8.35. The minimum Gasteiger partial charge on any atom is -0.255 e. The van der Waals surface area contributed by atoms with Crippen molar-refractivity contribution in [2.75, 3.05) is 0 Å². The molecule has 3 aromatic rings. The molecule has 2 aromatic heterocycles. The fraction of sp³-hybridized carbons (Fsp3) is 0. The van der Waals surface area contributed by atoms with Crippen molar-refractivity contribution in [1.29, 1.82) is 0 Å². The molecule has 1 aromatic carbocycles. The normalized spacial score (nSPS) is 10.8. The van der Waals surface area contributed by atoms with Crippen LogP contribution in [0.5, 0.6) is 0 Å². The quantitative estimate of drug-likeness (QED) is 0.612. The smallest absolute Gasteiger partial charge is 0.123 e. The Morgan fingerprint density at radius 1 is 1.00 bits per heavy atom. The van der Waals surface area contributed by atoms with Crippen LogP contribution < -0.4 is 0 Å². The van der Waals surface area contributed by atoms with Crippen LogP contribution in [-0.2, 0) is 0 Å². The third kappa shape index (κ3) is 1.49. The molecule has 0 bridgehead atoms. The van der Waals surface area contributed by atoms with E-state index in [4.69, 9.17) is 0 Å². The molecule has 0 fully saturated rings. The molecule has 3 heteroatoms. The number of thiophene rings is 1. The Kier molecular flexibility index (Phi) is 2.18. The first-order chi connectivity index (χ1) is 7.84. The molecule has 0 saturated carbocycles. The first-order valence-corrected chi connectivity index (χ1v) is 5.81. The fourth-order valence-electron chi connectivity index (χ4n) is 1.71. The lowest BCUT2D eigenvalue weighted by Crippen LogP contribution is -1.83. The molecule has 0 radical (unpaired) electrons. The summed E-state index contributed by atoms with van der Waals surface area (Å²) >= 11 is 1.66. The highest BCUT2D eigenvalue weighted by Gasteiger charge is 2.05. The molecule has 78 valence electrons. The Bertz CT molecular complexity index is 628. The van der Waals surface area contributed by atoms with Gasteiger partial charge < -0.3 is 0 Å². The number of rotatable bonds is 1. The third-order valence-electron chi connectivity index (χ3n) is 2.49. The first kappa shape index (κ1) is 9.48. The fourth-order valence-corrected chi connectivity index (χ4v) is 2.61. The van der Waals surface area contributed by atoms with Gasteiger partial charge in [-0.2, -0.15) is 0 Å². The van der Waals surface area contributed by atoms with Gasteiger partial charge in [-0.1, -0.05) is 0 Å². The molecular formula is C13H8FNS. The van der Waals surface area contributed by atoms with Gasteiger partial charge in [0.1, 0.15) is 5.82 Å². The van der Waals surface area contributed by atoms with Gasteiger partial charge in [-0.3, -0.25) is 4.98 Å². The van der Waals surface area contributed by atoms with E-state index in [1.54, 1.807) is 29.7 Å². The predicted molar refractivity (Wildman–Crippen MR) is 65.0 cm³/mol. The summed E-state index contributed by atoms with van der Waals surface area (Å²) in [5.74, 6) is -0.220. The van der Waals surface area contributed by atoms with E-state index in [-0.39, 0.29) is 5.82 Å². The average molecular weight is 229 g/mol. The Labute approximate surface area is 96.2 Å². The highest BCUT2D eigenvalue weighted by Crippen LogP contribution is 2.30. The van der Waals surface area contributed by atoms with E-state index >= 15 is 0 Å². The third-order valence-corrected chi connectivity index (χ3v) is 3.42. The summed E-state index contributed by atoms with van der Waals surface area (Å²) in [4.78, 5) is 4.37. The van der Waals surface area contributed by atoms with Crippen molar-refractivity contribution in [2.24, 2.45) is 0 Å². The summed E-state index contributed by atoms with van der Waals surface area (Å²) in [6.45, 7) is 0. The monoisotopic (exact) mass is 229 g/mol. The summed E-state index contributed by atoms with van der Waals surface area (Å²) in [5, 5.41) is 3.22. The molecule has 0 amide bonds. The van der Waals surface area contributed by atoms with Crippen LogP contribution in [0.1, 0.15) is 0 Å². The molecule has 16 heavy (non-hydrogen) atoms. The van der Waals surface area contributed by atoms with Gasteiger partial charge in [0, 0.05) is 11.8 Å². The van der Waals surface area contributed by atoms with Gasteiger partial charge in [0.2, 0.25) is 0 Å². The minimum absolute atomic E-state index is 0.220. The van der Waals surface area contributed by atoms with E-state index in [2.05, 4.69) is 11.1 Å². The van der Waals surface area contributed by atoms with Crippen molar-refractivity contribution in [1.82, 2.24) is 4.98 Å². The number of aromatic nitrogens is 1. The van der Waals surface area contributed by atoms with Crippen LogP contribution >= 0.6 is 11.3 Å².